The van der Waals surface area contributed by atoms with Gasteiger partial charge in [-0.25, -0.2) is 4.98 Å². The molecular formula is C14H19BrN4OS. The van der Waals surface area contributed by atoms with E-state index in [-0.39, 0.29) is 0 Å². The van der Waals surface area contributed by atoms with Gasteiger partial charge in [-0.2, -0.15) is 0 Å². The molecule has 2 aromatic rings. The fourth-order valence-electron chi connectivity index (χ4n) is 1.78. The fourth-order valence-corrected chi connectivity index (χ4v) is 3.27. The Hall–Kier alpha value is -1.34. The van der Waals surface area contributed by atoms with E-state index in [1.54, 1.807) is 18.4 Å². The van der Waals surface area contributed by atoms with Crippen molar-refractivity contribution in [3.63, 3.8) is 0 Å². The number of aromatic nitrogens is 1. The highest BCUT2D eigenvalue weighted by Crippen LogP contribution is 2.21. The normalized spacial score (nSPS) is 11.7. The van der Waals surface area contributed by atoms with Crippen LogP contribution >= 0.6 is 27.3 Å². The summed E-state index contributed by atoms with van der Waals surface area (Å²) in [6.07, 6.45) is 0.966. The Bertz CT molecular complexity index is 601. The molecule has 2 rings (SSSR count). The SMILES string of the molecule is CN=C(NCCc1ccc(Br)s1)NCc1nc(C)c(C)o1. The standard InChI is InChI=1S/C14H19BrN4OS/c1-9-10(2)20-13(19-9)8-18-14(16-3)17-7-6-11-4-5-12(15)21-11/h4-5H,6-8H2,1-3H3,(H2,16,17,18). The van der Waals surface area contributed by atoms with Crippen LogP contribution in [-0.4, -0.2) is 24.5 Å². The van der Waals surface area contributed by atoms with Crippen molar-refractivity contribution in [2.75, 3.05) is 13.6 Å². The number of hydrogen-bond acceptors (Lipinski definition) is 4. The number of guanidine groups is 1. The quantitative estimate of drug-likeness (QED) is 0.627. The minimum atomic E-state index is 0.527. The summed E-state index contributed by atoms with van der Waals surface area (Å²) in [5.74, 6) is 2.28. The van der Waals surface area contributed by atoms with Crippen LogP contribution < -0.4 is 10.6 Å². The molecule has 7 heteroatoms. The maximum Gasteiger partial charge on any atom is 0.214 e. The largest absolute Gasteiger partial charge is 0.444 e. The smallest absolute Gasteiger partial charge is 0.214 e. The van der Waals surface area contributed by atoms with Gasteiger partial charge in [0.2, 0.25) is 5.89 Å². The van der Waals surface area contributed by atoms with Gasteiger partial charge >= 0.3 is 0 Å². The third-order valence-electron chi connectivity index (χ3n) is 3.00. The van der Waals surface area contributed by atoms with Gasteiger partial charge in [0.25, 0.3) is 0 Å². The molecule has 0 aromatic carbocycles. The topological polar surface area (TPSA) is 62.5 Å². The molecule has 5 nitrogen and oxygen atoms in total. The van der Waals surface area contributed by atoms with Crippen LogP contribution in [-0.2, 0) is 13.0 Å². The lowest BCUT2D eigenvalue weighted by Crippen LogP contribution is -2.37. The van der Waals surface area contributed by atoms with E-state index in [0.29, 0.717) is 12.4 Å². The molecule has 2 heterocycles. The summed E-state index contributed by atoms with van der Waals surface area (Å²) in [4.78, 5) is 9.86. The van der Waals surface area contributed by atoms with E-state index in [2.05, 4.69) is 48.7 Å². The highest BCUT2D eigenvalue weighted by Gasteiger charge is 2.06. The van der Waals surface area contributed by atoms with Gasteiger partial charge in [-0.05, 0) is 48.3 Å². The second-order valence-corrected chi connectivity index (χ2v) is 7.11. The van der Waals surface area contributed by atoms with E-state index >= 15 is 0 Å². The summed E-state index contributed by atoms with van der Waals surface area (Å²) < 4.78 is 6.69. The average molecular weight is 371 g/mol. The molecule has 0 saturated carbocycles. The highest BCUT2D eigenvalue weighted by molar-refractivity contribution is 9.11. The zero-order chi connectivity index (χ0) is 15.2. The third kappa shape index (κ3) is 4.86. The molecule has 0 amide bonds. The number of nitrogens with zero attached hydrogens (tertiary/aromatic N) is 2. The van der Waals surface area contributed by atoms with Crippen LogP contribution in [0.1, 0.15) is 22.2 Å². The second kappa shape index (κ2) is 7.61. The van der Waals surface area contributed by atoms with E-state index in [1.807, 2.05) is 13.8 Å². The Morgan fingerprint density at radius 3 is 2.76 bits per heavy atom. The molecule has 0 saturated heterocycles. The zero-order valence-corrected chi connectivity index (χ0v) is 14.8. The van der Waals surface area contributed by atoms with Crippen molar-refractivity contribution >= 4 is 33.2 Å². The van der Waals surface area contributed by atoms with Crippen molar-refractivity contribution in [2.24, 2.45) is 4.99 Å². The van der Waals surface area contributed by atoms with Crippen LogP contribution in [0.4, 0.5) is 0 Å². The van der Waals surface area contributed by atoms with Crippen LogP contribution in [0.5, 0.6) is 0 Å². The van der Waals surface area contributed by atoms with Crippen molar-refractivity contribution in [3.8, 4) is 0 Å². The van der Waals surface area contributed by atoms with E-state index in [4.69, 9.17) is 4.42 Å². The van der Waals surface area contributed by atoms with Crippen molar-refractivity contribution in [1.29, 1.82) is 0 Å². The first-order chi connectivity index (χ1) is 10.1. The molecule has 2 N–H and O–H groups in total. The molecule has 0 unspecified atom stereocenters. The lowest BCUT2D eigenvalue weighted by atomic mass is 10.3. The van der Waals surface area contributed by atoms with Crippen LogP contribution in [0.3, 0.4) is 0 Å². The maximum absolute atomic E-state index is 5.53. The first kappa shape index (κ1) is 16.0. The summed E-state index contributed by atoms with van der Waals surface area (Å²) in [6, 6.07) is 4.20. The van der Waals surface area contributed by atoms with E-state index in [0.717, 1.165) is 34.2 Å². The number of rotatable bonds is 5. The second-order valence-electron chi connectivity index (χ2n) is 4.56. The van der Waals surface area contributed by atoms with Crippen LogP contribution in [0, 0.1) is 13.8 Å². The maximum atomic E-state index is 5.53. The van der Waals surface area contributed by atoms with Gasteiger partial charge in [0.15, 0.2) is 5.96 Å². The molecule has 21 heavy (non-hydrogen) atoms. The van der Waals surface area contributed by atoms with Crippen LogP contribution in [0.25, 0.3) is 0 Å². The minimum absolute atomic E-state index is 0.527. The molecule has 114 valence electrons. The number of thiophene rings is 1. The number of hydrogen-bond donors (Lipinski definition) is 2. The summed E-state index contributed by atoms with van der Waals surface area (Å²) >= 11 is 5.22. The van der Waals surface area contributed by atoms with Gasteiger partial charge in [-0.3, -0.25) is 4.99 Å². The molecule has 0 fully saturated rings. The van der Waals surface area contributed by atoms with E-state index < -0.39 is 0 Å². The molecule has 2 aromatic heterocycles. The van der Waals surface area contributed by atoms with E-state index in [9.17, 15) is 0 Å². The van der Waals surface area contributed by atoms with Gasteiger partial charge in [-0.15, -0.1) is 11.3 Å². The highest BCUT2D eigenvalue weighted by atomic mass is 79.9. The molecule has 0 aliphatic rings. The molecule has 0 atom stereocenters. The number of aliphatic imine (C=N–C) groups is 1. The summed E-state index contributed by atoms with van der Waals surface area (Å²) in [7, 11) is 1.75. The lowest BCUT2D eigenvalue weighted by Gasteiger charge is -2.09. The molecule has 0 aliphatic heterocycles. The fraction of sp³-hybridized carbons (Fsp3) is 0.429. The summed E-state index contributed by atoms with van der Waals surface area (Å²) in [5.41, 5.74) is 0.929. The summed E-state index contributed by atoms with van der Waals surface area (Å²) in [5, 5.41) is 6.47. The lowest BCUT2D eigenvalue weighted by molar-refractivity contribution is 0.464. The van der Waals surface area contributed by atoms with Crippen molar-refractivity contribution in [2.45, 2.75) is 26.8 Å². The zero-order valence-electron chi connectivity index (χ0n) is 12.4. The predicted octanol–water partition coefficient (Wildman–Crippen LogP) is 3.02. The Morgan fingerprint density at radius 2 is 2.19 bits per heavy atom. The third-order valence-corrected chi connectivity index (χ3v) is 4.68. The predicted molar refractivity (Wildman–Crippen MR) is 89.9 cm³/mol. The van der Waals surface area contributed by atoms with Crippen molar-refractivity contribution in [3.05, 3.63) is 38.1 Å². The average Bonchev–Trinajstić information content (AvgIpc) is 3.00. The van der Waals surface area contributed by atoms with Gasteiger partial charge < -0.3 is 15.1 Å². The summed E-state index contributed by atoms with van der Waals surface area (Å²) in [6.45, 7) is 5.21. The van der Waals surface area contributed by atoms with Gasteiger partial charge in [0, 0.05) is 18.5 Å². The number of aryl methyl sites for hydroxylation is 2. The molecular weight excluding hydrogens is 352 g/mol. The first-order valence-corrected chi connectivity index (χ1v) is 8.31. The molecule has 0 aliphatic carbocycles. The van der Waals surface area contributed by atoms with Gasteiger partial charge in [0.1, 0.15) is 5.76 Å². The van der Waals surface area contributed by atoms with E-state index in [1.165, 1.54) is 4.88 Å². The Morgan fingerprint density at radius 1 is 1.38 bits per heavy atom. The Labute approximate surface area is 137 Å². The Balaban J connectivity index is 1.75. The number of oxazole rings is 1. The number of halogens is 1. The Kier molecular flexibility index (Phi) is 5.81. The van der Waals surface area contributed by atoms with Gasteiger partial charge in [0.05, 0.1) is 16.0 Å². The molecule has 0 spiro atoms. The van der Waals surface area contributed by atoms with Crippen LogP contribution in [0.15, 0.2) is 25.3 Å². The number of nitrogens with one attached hydrogen (secondary N) is 2. The van der Waals surface area contributed by atoms with Crippen molar-refractivity contribution in [1.82, 2.24) is 15.6 Å². The molecule has 0 bridgehead atoms. The first-order valence-electron chi connectivity index (χ1n) is 6.70. The molecule has 0 radical (unpaired) electrons. The monoisotopic (exact) mass is 370 g/mol. The van der Waals surface area contributed by atoms with Crippen LogP contribution in [0.2, 0.25) is 0 Å². The minimum Gasteiger partial charge on any atom is -0.444 e. The van der Waals surface area contributed by atoms with Crippen molar-refractivity contribution < 1.29 is 4.42 Å². The van der Waals surface area contributed by atoms with Gasteiger partial charge in [-0.1, -0.05) is 0 Å².